The van der Waals surface area contributed by atoms with E-state index in [4.69, 9.17) is 14.0 Å². The minimum absolute atomic E-state index is 0.151. The van der Waals surface area contributed by atoms with Crippen LogP contribution < -0.4 is 4.74 Å². The van der Waals surface area contributed by atoms with Gasteiger partial charge >= 0.3 is 0 Å². The molecule has 0 saturated carbocycles. The normalized spacial score (nSPS) is 21.3. The Morgan fingerprint density at radius 2 is 2.12 bits per heavy atom. The van der Waals surface area contributed by atoms with E-state index in [2.05, 4.69) is 10.1 Å². The standard InChI is InChI=1S/C18H23FN2O3/c1-12-6-15(24-20-12)8-14-10-21(11-18(14)23-3)9-13-4-5-16(19)17(7-13)22-2/h4-7,14,18H,8-11H2,1-3H3/t14-,18+/m1/s1. The van der Waals surface area contributed by atoms with Gasteiger partial charge in [0.1, 0.15) is 5.76 Å². The molecule has 0 unspecified atom stereocenters. The zero-order chi connectivity index (χ0) is 17.1. The molecular formula is C18H23FN2O3. The van der Waals surface area contributed by atoms with Crippen molar-refractivity contribution in [2.24, 2.45) is 5.92 Å². The first-order valence-corrected chi connectivity index (χ1v) is 8.08. The second kappa shape index (κ2) is 7.32. The lowest BCUT2D eigenvalue weighted by Gasteiger charge is -2.16. The van der Waals surface area contributed by atoms with Crippen molar-refractivity contribution in [2.45, 2.75) is 26.0 Å². The molecular weight excluding hydrogens is 311 g/mol. The van der Waals surface area contributed by atoms with Gasteiger partial charge in [0.05, 0.1) is 18.9 Å². The molecule has 0 radical (unpaired) electrons. The molecule has 2 aromatic rings. The van der Waals surface area contributed by atoms with Gasteiger partial charge in [0, 0.05) is 45.1 Å². The number of ether oxygens (including phenoxy) is 2. The molecule has 6 heteroatoms. The molecule has 2 heterocycles. The Morgan fingerprint density at radius 1 is 1.29 bits per heavy atom. The summed E-state index contributed by atoms with van der Waals surface area (Å²) in [5.74, 6) is 1.19. The number of nitrogens with zero attached hydrogens (tertiary/aromatic N) is 2. The van der Waals surface area contributed by atoms with Crippen LogP contribution in [0.15, 0.2) is 28.8 Å². The number of aromatic nitrogens is 1. The number of hydrogen-bond acceptors (Lipinski definition) is 5. The second-order valence-corrected chi connectivity index (χ2v) is 6.34. The summed E-state index contributed by atoms with van der Waals surface area (Å²) >= 11 is 0. The maximum Gasteiger partial charge on any atom is 0.165 e. The van der Waals surface area contributed by atoms with Crippen LogP contribution in [0.4, 0.5) is 4.39 Å². The second-order valence-electron chi connectivity index (χ2n) is 6.34. The van der Waals surface area contributed by atoms with E-state index < -0.39 is 0 Å². The van der Waals surface area contributed by atoms with Crippen LogP contribution in [-0.4, -0.2) is 43.5 Å². The molecule has 1 saturated heterocycles. The Bertz CT molecular complexity index is 689. The summed E-state index contributed by atoms with van der Waals surface area (Å²) in [6.07, 6.45) is 0.959. The summed E-state index contributed by atoms with van der Waals surface area (Å²) in [5, 5.41) is 3.94. The Hall–Kier alpha value is -1.92. The lowest BCUT2D eigenvalue weighted by molar-refractivity contribution is 0.0761. The molecule has 5 nitrogen and oxygen atoms in total. The highest BCUT2D eigenvalue weighted by Gasteiger charge is 2.33. The molecule has 130 valence electrons. The highest BCUT2D eigenvalue weighted by Crippen LogP contribution is 2.26. The fourth-order valence-corrected chi connectivity index (χ4v) is 3.35. The number of hydrogen-bond donors (Lipinski definition) is 0. The third kappa shape index (κ3) is 3.76. The molecule has 0 spiro atoms. The van der Waals surface area contributed by atoms with Gasteiger partial charge in [-0.2, -0.15) is 0 Å². The third-order valence-corrected chi connectivity index (χ3v) is 4.52. The first-order valence-electron chi connectivity index (χ1n) is 8.08. The molecule has 1 aromatic carbocycles. The van der Waals surface area contributed by atoms with Crippen molar-refractivity contribution in [1.29, 1.82) is 0 Å². The molecule has 1 aromatic heterocycles. The van der Waals surface area contributed by atoms with Gasteiger partial charge in [-0.1, -0.05) is 11.2 Å². The average molecular weight is 334 g/mol. The van der Waals surface area contributed by atoms with Gasteiger partial charge in [0.25, 0.3) is 0 Å². The molecule has 2 atom stereocenters. The first kappa shape index (κ1) is 16.9. The fraction of sp³-hybridized carbons (Fsp3) is 0.500. The number of aryl methyl sites for hydroxylation is 1. The summed E-state index contributed by atoms with van der Waals surface area (Å²) in [4.78, 5) is 2.31. The Labute approximate surface area is 141 Å². The van der Waals surface area contributed by atoms with E-state index in [-0.39, 0.29) is 17.7 Å². The highest BCUT2D eigenvalue weighted by molar-refractivity contribution is 5.30. The van der Waals surface area contributed by atoms with Crippen LogP contribution >= 0.6 is 0 Å². The lowest BCUT2D eigenvalue weighted by atomic mass is 10.0. The monoisotopic (exact) mass is 334 g/mol. The van der Waals surface area contributed by atoms with Crippen LogP contribution in [0.25, 0.3) is 0 Å². The predicted octanol–water partition coefficient (Wildman–Crippen LogP) is 2.82. The van der Waals surface area contributed by atoms with Crippen molar-refractivity contribution >= 4 is 0 Å². The summed E-state index contributed by atoms with van der Waals surface area (Å²) in [6.45, 7) is 4.40. The number of rotatable bonds is 6. The van der Waals surface area contributed by atoms with Gasteiger partial charge in [0.15, 0.2) is 11.6 Å². The van der Waals surface area contributed by atoms with Crippen molar-refractivity contribution in [3.63, 3.8) is 0 Å². The van der Waals surface area contributed by atoms with Crippen molar-refractivity contribution < 1.29 is 18.4 Å². The van der Waals surface area contributed by atoms with Gasteiger partial charge in [0.2, 0.25) is 0 Å². The van der Waals surface area contributed by atoms with E-state index in [1.165, 1.54) is 13.2 Å². The maximum absolute atomic E-state index is 13.5. The van der Waals surface area contributed by atoms with Crippen molar-refractivity contribution in [3.05, 3.63) is 47.1 Å². The van der Waals surface area contributed by atoms with E-state index in [1.807, 2.05) is 13.0 Å². The molecule has 1 aliphatic heterocycles. The van der Waals surface area contributed by atoms with Gasteiger partial charge in [-0.15, -0.1) is 0 Å². The van der Waals surface area contributed by atoms with E-state index in [0.29, 0.717) is 5.92 Å². The summed E-state index contributed by atoms with van der Waals surface area (Å²) in [7, 11) is 3.22. The van der Waals surface area contributed by atoms with Gasteiger partial charge in [-0.3, -0.25) is 4.90 Å². The minimum Gasteiger partial charge on any atom is -0.494 e. The molecule has 0 amide bonds. The predicted molar refractivity (Wildman–Crippen MR) is 87.5 cm³/mol. The molecule has 0 bridgehead atoms. The van der Waals surface area contributed by atoms with Crippen molar-refractivity contribution in [3.8, 4) is 5.75 Å². The molecule has 3 rings (SSSR count). The quantitative estimate of drug-likeness (QED) is 0.813. The van der Waals surface area contributed by atoms with E-state index >= 15 is 0 Å². The van der Waals surface area contributed by atoms with Gasteiger partial charge in [-0.25, -0.2) is 4.39 Å². The Kier molecular flexibility index (Phi) is 5.16. The molecule has 0 aliphatic carbocycles. The number of benzene rings is 1. The third-order valence-electron chi connectivity index (χ3n) is 4.52. The Morgan fingerprint density at radius 3 is 2.79 bits per heavy atom. The topological polar surface area (TPSA) is 47.7 Å². The van der Waals surface area contributed by atoms with Crippen molar-refractivity contribution in [2.75, 3.05) is 27.3 Å². The largest absolute Gasteiger partial charge is 0.494 e. The van der Waals surface area contributed by atoms with Crippen LogP contribution in [0.1, 0.15) is 17.0 Å². The maximum atomic E-state index is 13.5. The number of likely N-dealkylation sites (tertiary alicyclic amines) is 1. The molecule has 24 heavy (non-hydrogen) atoms. The summed E-state index contributed by atoms with van der Waals surface area (Å²) in [5.41, 5.74) is 1.92. The highest BCUT2D eigenvalue weighted by atomic mass is 19.1. The SMILES string of the molecule is COc1cc(CN2C[C@@H](Cc3cc(C)no3)[C@@H](OC)C2)ccc1F. The summed E-state index contributed by atoms with van der Waals surface area (Å²) < 4.78 is 29.6. The zero-order valence-electron chi connectivity index (χ0n) is 14.3. The number of methoxy groups -OCH3 is 2. The van der Waals surface area contributed by atoms with Crippen LogP contribution in [0, 0.1) is 18.7 Å². The molecule has 1 aliphatic rings. The number of halogens is 1. The van der Waals surface area contributed by atoms with Crippen LogP contribution in [0.5, 0.6) is 5.75 Å². The lowest BCUT2D eigenvalue weighted by Crippen LogP contribution is -2.23. The molecule has 0 N–H and O–H groups in total. The van der Waals surface area contributed by atoms with Crippen LogP contribution in [0.2, 0.25) is 0 Å². The first-order chi connectivity index (χ1) is 11.6. The van der Waals surface area contributed by atoms with Crippen LogP contribution in [-0.2, 0) is 17.7 Å². The Balaban J connectivity index is 1.65. The van der Waals surface area contributed by atoms with Gasteiger partial charge < -0.3 is 14.0 Å². The smallest absolute Gasteiger partial charge is 0.165 e. The average Bonchev–Trinajstić information content (AvgIpc) is 3.15. The van der Waals surface area contributed by atoms with E-state index in [1.54, 1.807) is 19.2 Å². The zero-order valence-corrected chi connectivity index (χ0v) is 14.3. The minimum atomic E-state index is -0.337. The fourth-order valence-electron chi connectivity index (χ4n) is 3.35. The van der Waals surface area contributed by atoms with Crippen molar-refractivity contribution in [1.82, 2.24) is 10.1 Å². The van der Waals surface area contributed by atoms with E-state index in [0.717, 1.165) is 43.1 Å². The van der Waals surface area contributed by atoms with Gasteiger partial charge in [-0.05, 0) is 24.6 Å². The van der Waals surface area contributed by atoms with Crippen LogP contribution in [0.3, 0.4) is 0 Å². The molecule has 1 fully saturated rings. The summed E-state index contributed by atoms with van der Waals surface area (Å²) in [6, 6.07) is 6.98. The van der Waals surface area contributed by atoms with E-state index in [9.17, 15) is 4.39 Å².